The zero-order valence-electron chi connectivity index (χ0n) is 9.81. The number of aryl methyl sites for hydroxylation is 1. The van der Waals surface area contributed by atoms with E-state index in [1.54, 1.807) is 24.4 Å². The highest BCUT2D eigenvalue weighted by molar-refractivity contribution is 5.77. The summed E-state index contributed by atoms with van der Waals surface area (Å²) in [6.07, 6.45) is 1.78. The number of anilines is 1. The zero-order chi connectivity index (χ0) is 12.7. The number of pyridine rings is 1. The summed E-state index contributed by atoms with van der Waals surface area (Å²) in [7, 11) is 0. The summed E-state index contributed by atoms with van der Waals surface area (Å²) in [6, 6.07) is 6.98. The Balaban J connectivity index is 2.16. The number of nitrogens with two attached hydrogens (primary N) is 1. The van der Waals surface area contributed by atoms with Crippen LogP contribution in [0.4, 0.5) is 5.69 Å². The van der Waals surface area contributed by atoms with Crippen molar-refractivity contribution in [3.63, 3.8) is 0 Å². The molecule has 0 atom stereocenters. The maximum absolute atomic E-state index is 9.40. The molecule has 0 bridgehead atoms. The van der Waals surface area contributed by atoms with Crippen LogP contribution in [0.3, 0.4) is 0 Å². The van der Waals surface area contributed by atoms with Gasteiger partial charge in [-0.2, -0.15) is 0 Å². The van der Waals surface area contributed by atoms with E-state index in [1.807, 2.05) is 13.0 Å². The van der Waals surface area contributed by atoms with Crippen LogP contribution in [0.25, 0.3) is 22.6 Å². The van der Waals surface area contributed by atoms with Crippen molar-refractivity contribution in [1.82, 2.24) is 15.0 Å². The molecule has 0 aliphatic heterocycles. The fourth-order valence-electron chi connectivity index (χ4n) is 1.84. The third-order valence-electron chi connectivity index (χ3n) is 2.78. The van der Waals surface area contributed by atoms with E-state index in [2.05, 4.69) is 15.0 Å². The Morgan fingerprint density at radius 2 is 2.11 bits per heavy atom. The van der Waals surface area contributed by atoms with Crippen molar-refractivity contribution in [1.29, 1.82) is 0 Å². The minimum atomic E-state index is 0.0730. The van der Waals surface area contributed by atoms with Crippen molar-refractivity contribution in [2.75, 3.05) is 5.73 Å². The summed E-state index contributed by atoms with van der Waals surface area (Å²) in [5.74, 6) is 0.763. The van der Waals surface area contributed by atoms with Gasteiger partial charge in [-0.15, -0.1) is 0 Å². The van der Waals surface area contributed by atoms with Gasteiger partial charge in [0.2, 0.25) is 0 Å². The Morgan fingerprint density at radius 1 is 1.28 bits per heavy atom. The molecule has 18 heavy (non-hydrogen) atoms. The smallest absolute Gasteiger partial charge is 0.178 e. The van der Waals surface area contributed by atoms with Crippen LogP contribution in [0.5, 0.6) is 5.75 Å². The molecule has 2 aromatic heterocycles. The van der Waals surface area contributed by atoms with Gasteiger partial charge < -0.3 is 15.8 Å². The zero-order valence-corrected chi connectivity index (χ0v) is 9.81. The highest BCUT2D eigenvalue weighted by Gasteiger charge is 2.07. The Morgan fingerprint density at radius 3 is 2.89 bits per heavy atom. The van der Waals surface area contributed by atoms with E-state index in [9.17, 15) is 5.11 Å². The van der Waals surface area contributed by atoms with Crippen LogP contribution in [-0.4, -0.2) is 20.1 Å². The molecule has 2 heterocycles. The van der Waals surface area contributed by atoms with Crippen LogP contribution in [-0.2, 0) is 0 Å². The summed E-state index contributed by atoms with van der Waals surface area (Å²) in [5.41, 5.74) is 9.45. The molecular weight excluding hydrogens is 228 g/mol. The van der Waals surface area contributed by atoms with Crippen LogP contribution in [0.15, 0.2) is 30.5 Å². The van der Waals surface area contributed by atoms with Crippen LogP contribution in [0, 0.1) is 6.92 Å². The van der Waals surface area contributed by atoms with Crippen LogP contribution >= 0.6 is 0 Å². The van der Waals surface area contributed by atoms with E-state index < -0.39 is 0 Å². The summed E-state index contributed by atoms with van der Waals surface area (Å²) >= 11 is 0. The number of imidazole rings is 1. The summed E-state index contributed by atoms with van der Waals surface area (Å²) in [4.78, 5) is 11.8. The molecule has 0 amide bonds. The first-order chi connectivity index (χ1) is 8.63. The van der Waals surface area contributed by atoms with Gasteiger partial charge in [0.1, 0.15) is 11.6 Å². The van der Waals surface area contributed by atoms with Gasteiger partial charge in [0.25, 0.3) is 0 Å². The van der Waals surface area contributed by atoms with Crippen LogP contribution in [0.1, 0.15) is 5.56 Å². The quantitative estimate of drug-likeness (QED) is 0.449. The van der Waals surface area contributed by atoms with Crippen LogP contribution < -0.4 is 5.73 Å². The number of H-pyrrole nitrogens is 1. The maximum Gasteiger partial charge on any atom is 0.178 e. The first-order valence-electron chi connectivity index (χ1n) is 5.55. The molecule has 0 unspecified atom stereocenters. The number of hydrogen-bond acceptors (Lipinski definition) is 4. The molecule has 3 rings (SSSR count). The number of rotatable bonds is 1. The molecule has 0 fully saturated rings. The number of hydrogen-bond donors (Lipinski definition) is 3. The topological polar surface area (TPSA) is 87.8 Å². The summed E-state index contributed by atoms with van der Waals surface area (Å²) in [6.45, 7) is 1.98. The monoisotopic (exact) mass is 240 g/mol. The average Bonchev–Trinajstić information content (AvgIpc) is 2.75. The molecule has 0 radical (unpaired) electrons. The number of nitrogens with one attached hydrogen (secondary N) is 1. The number of fused-ring (bicyclic) bond motifs is 1. The molecule has 5 heteroatoms. The summed E-state index contributed by atoms with van der Waals surface area (Å²) < 4.78 is 0. The molecule has 0 saturated carbocycles. The number of aromatic hydroxyl groups is 1. The number of nitrogens with zero attached hydrogens (tertiary/aromatic N) is 2. The van der Waals surface area contributed by atoms with Crippen molar-refractivity contribution in [2.45, 2.75) is 6.92 Å². The van der Waals surface area contributed by atoms with E-state index >= 15 is 0 Å². The third-order valence-corrected chi connectivity index (χ3v) is 2.78. The largest absolute Gasteiger partial charge is 0.506 e. The molecule has 0 aliphatic rings. The molecular formula is C13H12N4O. The van der Waals surface area contributed by atoms with Gasteiger partial charge >= 0.3 is 0 Å². The van der Waals surface area contributed by atoms with Crippen molar-refractivity contribution < 1.29 is 5.11 Å². The van der Waals surface area contributed by atoms with E-state index in [1.165, 1.54) is 0 Å². The first kappa shape index (κ1) is 10.6. The number of phenolic OH excluding ortho intramolecular Hbond substituents is 1. The van der Waals surface area contributed by atoms with Crippen molar-refractivity contribution in [3.05, 3.63) is 36.0 Å². The molecule has 4 N–H and O–H groups in total. The number of aromatic nitrogens is 3. The molecule has 1 aromatic carbocycles. The fourth-order valence-corrected chi connectivity index (χ4v) is 1.84. The van der Waals surface area contributed by atoms with E-state index in [0.717, 1.165) is 16.6 Å². The number of phenols is 1. The lowest BCUT2D eigenvalue weighted by atomic mass is 10.2. The molecule has 3 aromatic rings. The molecule has 0 spiro atoms. The Labute approximate surface area is 103 Å². The first-order valence-corrected chi connectivity index (χ1v) is 5.55. The fraction of sp³-hybridized carbons (Fsp3) is 0.0769. The number of aromatic amines is 1. The van der Waals surface area contributed by atoms with E-state index in [-0.39, 0.29) is 5.75 Å². The Hall–Kier alpha value is -2.56. The maximum atomic E-state index is 9.40. The molecule has 0 saturated heterocycles. The minimum absolute atomic E-state index is 0.0730. The lowest BCUT2D eigenvalue weighted by Gasteiger charge is -2.00. The van der Waals surface area contributed by atoms with Gasteiger partial charge in [0.15, 0.2) is 5.65 Å². The van der Waals surface area contributed by atoms with Gasteiger partial charge in [-0.3, -0.25) is 0 Å². The van der Waals surface area contributed by atoms with Gasteiger partial charge in [0.05, 0.1) is 11.2 Å². The standard InChI is InChI=1S/C13H12N4O/c1-7-4-10-13(15-6-7)17-12(16-10)8-2-3-11(18)9(14)5-8/h2-6,18H,14H2,1H3,(H,15,16,17). The van der Waals surface area contributed by atoms with Gasteiger partial charge in [0, 0.05) is 11.8 Å². The summed E-state index contributed by atoms with van der Waals surface area (Å²) in [5, 5.41) is 9.40. The predicted octanol–water partition coefficient (Wildman–Crippen LogP) is 2.22. The van der Waals surface area contributed by atoms with Crippen molar-refractivity contribution >= 4 is 16.9 Å². The Kier molecular flexibility index (Phi) is 2.19. The van der Waals surface area contributed by atoms with Crippen LogP contribution in [0.2, 0.25) is 0 Å². The number of nitrogen functional groups attached to an aromatic ring is 1. The SMILES string of the molecule is Cc1cnc2nc(-c3ccc(O)c(N)c3)[nH]c2c1. The van der Waals surface area contributed by atoms with E-state index in [0.29, 0.717) is 17.2 Å². The van der Waals surface area contributed by atoms with Crippen molar-refractivity contribution in [3.8, 4) is 17.1 Å². The van der Waals surface area contributed by atoms with Gasteiger partial charge in [-0.25, -0.2) is 9.97 Å². The highest BCUT2D eigenvalue weighted by atomic mass is 16.3. The second kappa shape index (κ2) is 3.73. The second-order valence-corrected chi connectivity index (χ2v) is 4.24. The average molecular weight is 240 g/mol. The predicted molar refractivity (Wildman–Crippen MR) is 70.1 cm³/mol. The lowest BCUT2D eigenvalue weighted by Crippen LogP contribution is -1.87. The third kappa shape index (κ3) is 1.66. The van der Waals surface area contributed by atoms with Crippen molar-refractivity contribution in [2.24, 2.45) is 0 Å². The van der Waals surface area contributed by atoms with Gasteiger partial charge in [-0.1, -0.05) is 0 Å². The van der Waals surface area contributed by atoms with E-state index in [4.69, 9.17) is 5.73 Å². The van der Waals surface area contributed by atoms with Gasteiger partial charge in [-0.05, 0) is 36.8 Å². The normalized spacial score (nSPS) is 10.9. The molecule has 0 aliphatic carbocycles. The Bertz CT molecular complexity index is 733. The minimum Gasteiger partial charge on any atom is -0.506 e. The second-order valence-electron chi connectivity index (χ2n) is 4.24. The highest BCUT2D eigenvalue weighted by Crippen LogP contribution is 2.27. The number of benzene rings is 1. The molecule has 90 valence electrons. The lowest BCUT2D eigenvalue weighted by molar-refractivity contribution is 0.478. The molecule has 5 nitrogen and oxygen atoms in total.